The number of cyclic esters (lactones) is 1. The zero-order valence-corrected chi connectivity index (χ0v) is 35.9. The number of phenolic OH excluding ortho intramolecular Hbond substituents is 2. The van der Waals surface area contributed by atoms with Gasteiger partial charge in [0, 0.05) is 34.6 Å². The zero-order valence-electron chi connectivity index (χ0n) is 22.0. The summed E-state index contributed by atoms with van der Waals surface area (Å²) in [4.78, 5) is 11.1. The molecule has 23 heteroatoms. The van der Waals surface area contributed by atoms with E-state index in [1.165, 1.54) is 0 Å². The van der Waals surface area contributed by atoms with E-state index < -0.39 is 53.1 Å². The summed E-state index contributed by atoms with van der Waals surface area (Å²) in [6, 6.07) is 5.62. The molecule has 0 radical (unpaired) electrons. The first-order valence-electron chi connectivity index (χ1n) is 9.20. The molecule has 3 aromatic rings. The van der Waals surface area contributed by atoms with Gasteiger partial charge in [-0.2, -0.15) is 0 Å². The molecule has 0 atom stereocenters. The predicted molar refractivity (Wildman–Crippen MR) is 149 cm³/mol. The van der Waals surface area contributed by atoms with Crippen molar-refractivity contribution >= 4 is 89.9 Å². The molecule has 0 aliphatic carbocycles. The number of hydrogen-bond acceptors (Lipinski definition) is 10. The van der Waals surface area contributed by atoms with Crippen LogP contribution in [0.2, 0.25) is 0 Å². The summed E-state index contributed by atoms with van der Waals surface area (Å²) in [5.41, 5.74) is -2.56. The van der Waals surface area contributed by atoms with Gasteiger partial charge in [-0.1, -0.05) is 12.1 Å². The van der Waals surface area contributed by atoms with Crippen molar-refractivity contribution in [2.24, 2.45) is 0 Å². The third kappa shape index (κ3) is 9.06. The zero-order chi connectivity index (χ0) is 27.0. The minimum atomic E-state index is -5.22. The summed E-state index contributed by atoms with van der Waals surface area (Å²) in [6.07, 6.45) is 0. The van der Waals surface area contributed by atoms with Crippen molar-refractivity contribution in [3.8, 4) is 11.5 Å². The molecule has 0 spiro atoms. The Kier molecular flexibility index (Phi) is 21.6. The molecule has 14 nitrogen and oxygen atoms in total. The Balaban J connectivity index is -0.00000109. The fourth-order valence-corrected chi connectivity index (χ4v) is 7.59. The molecule has 1 heterocycles. The van der Waals surface area contributed by atoms with E-state index in [1.54, 1.807) is 0 Å². The molecule has 0 fully saturated rings. The van der Waals surface area contributed by atoms with Crippen molar-refractivity contribution in [1.82, 2.24) is 0 Å². The number of esters is 1. The standard InChI is InChI=1S/C20H10Br4O10S2.3Na.4H2O/c21-15-13-14(16(22)18(24)17(15)23)20(34-19(13)27,7-1-3-9(25)11(5-7)35(28,29)30)8-2-4-10(26)12(6-8)36(31,32)33;;;;;;;/h1-6,25-26H,(H,28,29,30)(H,31,32,33);;;;4*1H2/q;3*+1;;;;/p-2. The molecule has 43 heavy (non-hydrogen) atoms. The third-order valence-electron chi connectivity index (χ3n) is 5.34. The molecule has 0 amide bonds. The summed E-state index contributed by atoms with van der Waals surface area (Å²) in [6.45, 7) is 0. The van der Waals surface area contributed by atoms with Gasteiger partial charge in [0.2, 0.25) is 0 Å². The number of aromatic hydroxyl groups is 2. The van der Waals surface area contributed by atoms with Gasteiger partial charge in [0.1, 0.15) is 31.7 Å². The van der Waals surface area contributed by atoms with Crippen molar-refractivity contribution in [2.45, 2.75) is 15.4 Å². The van der Waals surface area contributed by atoms with Gasteiger partial charge in [-0.05, 0) is 88.0 Å². The number of carbonyl (C=O) groups excluding carboxylic acids is 1. The molecule has 0 unspecified atom stereocenters. The molecule has 1 aliphatic rings. The molecular weight excluding hydrogens is 917 g/mol. The van der Waals surface area contributed by atoms with Crippen LogP contribution in [-0.4, -0.2) is 64.0 Å². The molecule has 222 valence electrons. The second-order valence-corrected chi connectivity index (χ2v) is 13.2. The number of ether oxygens (including phenoxy) is 1. The van der Waals surface area contributed by atoms with Crippen LogP contribution in [0.15, 0.2) is 64.1 Å². The second-order valence-electron chi connectivity index (χ2n) is 7.35. The molecular formula is C20H16Br4Na3O14S2+. The van der Waals surface area contributed by atoms with Crippen molar-refractivity contribution in [2.75, 3.05) is 0 Å². The Morgan fingerprint density at radius 1 is 0.651 bits per heavy atom. The number of hydrogen-bond donors (Lipinski definition) is 2. The van der Waals surface area contributed by atoms with Gasteiger partial charge >= 0.3 is 94.6 Å². The third-order valence-corrected chi connectivity index (χ3v) is 11.8. The average molecular weight is 933 g/mol. The molecule has 0 saturated heterocycles. The van der Waals surface area contributed by atoms with E-state index in [9.17, 15) is 40.9 Å². The number of rotatable bonds is 4. The van der Waals surface area contributed by atoms with Gasteiger partial charge in [0.15, 0.2) is 5.60 Å². The van der Waals surface area contributed by atoms with E-state index in [-0.39, 0.29) is 142 Å². The van der Waals surface area contributed by atoms with Crippen LogP contribution in [0.1, 0.15) is 27.0 Å². The Morgan fingerprint density at radius 3 is 1.35 bits per heavy atom. The average Bonchev–Trinajstić information content (AvgIpc) is 3.09. The summed E-state index contributed by atoms with van der Waals surface area (Å²) < 4.78 is 77.8. The SMILES string of the molecule is O.O.O.O.O=C1OC(c2ccc(O)c(S(=O)(=O)[O-])c2)(c2ccc(O)c(S(=O)(=O)[O-])c2)c2c(Br)c(Br)c(Br)c(Br)c21.[Na+].[Na+].[Na+]. The molecule has 1 aliphatic heterocycles. The fourth-order valence-electron chi connectivity index (χ4n) is 3.83. The van der Waals surface area contributed by atoms with E-state index in [1.807, 2.05) is 0 Å². The summed E-state index contributed by atoms with van der Waals surface area (Å²) in [5, 5.41) is 20.0. The van der Waals surface area contributed by atoms with E-state index >= 15 is 0 Å². The van der Waals surface area contributed by atoms with Gasteiger partial charge < -0.3 is 46.0 Å². The van der Waals surface area contributed by atoms with Crippen LogP contribution >= 0.6 is 63.7 Å². The molecule has 0 bridgehead atoms. The normalized spacial score (nSPS) is 12.6. The second kappa shape index (κ2) is 18.2. The monoisotopic (exact) mass is 929 g/mol. The van der Waals surface area contributed by atoms with E-state index in [2.05, 4.69) is 63.7 Å². The number of benzene rings is 3. The first-order valence-corrected chi connectivity index (χ1v) is 15.2. The number of fused-ring (bicyclic) bond motifs is 1. The van der Waals surface area contributed by atoms with Gasteiger partial charge in [-0.15, -0.1) is 0 Å². The van der Waals surface area contributed by atoms with Crippen LogP contribution in [0, 0.1) is 0 Å². The summed E-state index contributed by atoms with van der Waals surface area (Å²) >= 11 is 13.3. The predicted octanol–water partition coefficient (Wildman–Crippen LogP) is -7.87. The van der Waals surface area contributed by atoms with Crippen molar-refractivity contribution < 1.29 is 156 Å². The van der Waals surface area contributed by atoms with Gasteiger partial charge in [-0.25, -0.2) is 21.6 Å². The van der Waals surface area contributed by atoms with Crippen LogP contribution < -0.4 is 88.7 Å². The quantitative estimate of drug-likeness (QED) is 0.0819. The maximum Gasteiger partial charge on any atom is 1.00 e. The largest absolute Gasteiger partial charge is 1.00 e. The number of carbonyl (C=O) groups is 1. The molecule has 0 aromatic heterocycles. The Morgan fingerprint density at radius 2 is 1.00 bits per heavy atom. The van der Waals surface area contributed by atoms with Gasteiger partial charge in [-0.3, -0.25) is 0 Å². The topological polar surface area (TPSA) is 307 Å². The van der Waals surface area contributed by atoms with Crippen LogP contribution in [0.4, 0.5) is 0 Å². The first-order chi connectivity index (χ1) is 16.5. The van der Waals surface area contributed by atoms with Crippen LogP contribution in [0.25, 0.3) is 0 Å². The molecule has 0 saturated carbocycles. The Hall–Kier alpha value is 1.31. The van der Waals surface area contributed by atoms with Crippen molar-refractivity contribution in [3.63, 3.8) is 0 Å². The number of halogens is 4. The molecule has 3 aromatic carbocycles. The number of phenols is 2. The molecule has 10 N–H and O–H groups in total. The molecule has 4 rings (SSSR count). The Labute approximate surface area is 344 Å². The fraction of sp³-hybridized carbons (Fsp3) is 0.0500. The van der Waals surface area contributed by atoms with Gasteiger partial charge in [0.05, 0.1) is 15.4 Å². The first kappa shape index (κ1) is 51.2. The summed E-state index contributed by atoms with van der Waals surface area (Å²) in [7, 11) is -10.4. The minimum absolute atomic E-state index is 0. The van der Waals surface area contributed by atoms with E-state index in [4.69, 9.17) is 4.74 Å². The van der Waals surface area contributed by atoms with Crippen LogP contribution in [-0.2, 0) is 30.6 Å². The maximum atomic E-state index is 13.2. The van der Waals surface area contributed by atoms with Gasteiger partial charge in [0.25, 0.3) is 0 Å². The van der Waals surface area contributed by atoms with Crippen LogP contribution in [0.3, 0.4) is 0 Å². The van der Waals surface area contributed by atoms with Crippen molar-refractivity contribution in [3.05, 3.63) is 76.5 Å². The maximum absolute atomic E-state index is 13.2. The minimum Gasteiger partial charge on any atom is -0.744 e. The Bertz CT molecular complexity index is 1640. The smallest absolute Gasteiger partial charge is 0.744 e. The van der Waals surface area contributed by atoms with Crippen LogP contribution in [0.5, 0.6) is 11.5 Å². The summed E-state index contributed by atoms with van der Waals surface area (Å²) in [5.74, 6) is -2.69. The van der Waals surface area contributed by atoms with E-state index in [0.29, 0.717) is 8.95 Å². The van der Waals surface area contributed by atoms with Crippen molar-refractivity contribution in [1.29, 1.82) is 0 Å². The van der Waals surface area contributed by atoms with E-state index in [0.717, 1.165) is 36.4 Å².